The summed E-state index contributed by atoms with van der Waals surface area (Å²) >= 11 is 0. The Labute approximate surface area is 289 Å². The molecule has 0 amide bonds. The summed E-state index contributed by atoms with van der Waals surface area (Å²) < 4.78 is 0. The Morgan fingerprint density at radius 3 is 1.08 bits per heavy atom. The molecule has 48 heavy (non-hydrogen) atoms. The molecule has 0 aliphatic rings. The summed E-state index contributed by atoms with van der Waals surface area (Å²) in [6.45, 7) is 24.8. The van der Waals surface area contributed by atoms with Gasteiger partial charge in [0.15, 0.2) is 0 Å². The van der Waals surface area contributed by atoms with Gasteiger partial charge in [0.05, 0.1) is 16.1 Å². The van der Waals surface area contributed by atoms with E-state index in [2.05, 4.69) is 189 Å². The molecule has 0 saturated heterocycles. The molecular formula is C46H50Si2. The third-order valence-electron chi connectivity index (χ3n) is 12.4. The molecule has 242 valence electrons. The minimum absolute atomic E-state index is 0.230. The number of hydrogen-bond donors (Lipinski definition) is 0. The predicted molar refractivity (Wildman–Crippen MR) is 221 cm³/mol. The van der Waals surface area contributed by atoms with Crippen LogP contribution in [-0.2, 0) is 0 Å². The van der Waals surface area contributed by atoms with Gasteiger partial charge in [-0.3, -0.25) is 0 Å². The first-order valence-electron chi connectivity index (χ1n) is 17.6. The van der Waals surface area contributed by atoms with Gasteiger partial charge in [0.2, 0.25) is 0 Å². The summed E-state index contributed by atoms with van der Waals surface area (Å²) in [6, 6.07) is 46.7. The van der Waals surface area contributed by atoms with Crippen LogP contribution >= 0.6 is 0 Å². The second-order valence-corrected chi connectivity index (χ2v) is 27.7. The Balaban J connectivity index is 1.74. The maximum atomic E-state index is 2.60. The molecule has 0 heterocycles. The lowest BCUT2D eigenvalue weighted by atomic mass is 9.83. The molecule has 0 aliphatic heterocycles. The van der Waals surface area contributed by atoms with Gasteiger partial charge in [-0.25, -0.2) is 0 Å². The molecule has 0 spiro atoms. The molecule has 0 fully saturated rings. The van der Waals surface area contributed by atoms with Crippen molar-refractivity contribution in [2.45, 2.75) is 77.8 Å². The maximum Gasteiger partial charge on any atom is 0.0859 e. The summed E-state index contributed by atoms with van der Waals surface area (Å²) in [4.78, 5) is 0. The molecule has 0 unspecified atom stereocenters. The molecule has 0 aliphatic carbocycles. The highest BCUT2D eigenvalue weighted by atomic mass is 28.3. The van der Waals surface area contributed by atoms with Crippen LogP contribution in [-0.4, -0.2) is 16.1 Å². The van der Waals surface area contributed by atoms with Crippen molar-refractivity contribution in [1.29, 1.82) is 0 Å². The zero-order valence-corrected chi connectivity index (χ0v) is 32.5. The maximum absolute atomic E-state index is 2.60. The summed E-state index contributed by atoms with van der Waals surface area (Å²) in [5, 5.41) is 14.1. The number of benzene rings is 7. The largest absolute Gasteiger partial charge is 0.0859 e. The van der Waals surface area contributed by atoms with Gasteiger partial charge in [-0.05, 0) is 75.4 Å². The average Bonchev–Trinajstić information content (AvgIpc) is 3.05. The Kier molecular flexibility index (Phi) is 7.66. The monoisotopic (exact) mass is 658 g/mol. The van der Waals surface area contributed by atoms with Crippen molar-refractivity contribution in [3.8, 4) is 22.3 Å². The lowest BCUT2D eigenvalue weighted by molar-refractivity contribution is 0.729. The van der Waals surface area contributed by atoms with E-state index >= 15 is 0 Å². The summed E-state index contributed by atoms with van der Waals surface area (Å²) in [5.41, 5.74) is 5.37. The van der Waals surface area contributed by atoms with Crippen LogP contribution in [0.2, 0.25) is 36.3 Å². The first kappa shape index (κ1) is 32.6. The quantitative estimate of drug-likeness (QED) is 0.130. The Morgan fingerprint density at radius 1 is 0.354 bits per heavy atom. The van der Waals surface area contributed by atoms with Crippen LogP contribution in [0.25, 0.3) is 65.3 Å². The molecule has 0 saturated carbocycles. The van der Waals surface area contributed by atoms with Gasteiger partial charge in [0.25, 0.3) is 0 Å². The van der Waals surface area contributed by atoms with Gasteiger partial charge in [-0.1, -0.05) is 199 Å². The fourth-order valence-corrected chi connectivity index (χ4v) is 11.1. The van der Waals surface area contributed by atoms with E-state index in [9.17, 15) is 0 Å². The zero-order valence-electron chi connectivity index (χ0n) is 30.5. The SMILES string of the molecule is CC(C)(C)[Si](C)(C)c1ccc2c(-c3cccc4ccccc34)c3cc([Si](C)(C)C(C)(C)C)ccc3c(-c3cccc4ccccc34)c2c1. The van der Waals surface area contributed by atoms with E-state index in [0.717, 1.165) is 0 Å². The highest BCUT2D eigenvalue weighted by Gasteiger charge is 2.38. The molecule has 0 atom stereocenters. The molecule has 2 heteroatoms. The van der Waals surface area contributed by atoms with Gasteiger partial charge < -0.3 is 0 Å². The molecule has 7 aromatic rings. The molecule has 0 N–H and O–H groups in total. The Hall–Kier alpha value is -3.99. The van der Waals surface area contributed by atoms with Crippen LogP contribution < -0.4 is 10.4 Å². The first-order valence-corrected chi connectivity index (χ1v) is 23.6. The predicted octanol–water partition coefficient (Wildman–Crippen LogP) is 13.1. The fourth-order valence-electron chi connectivity index (χ4n) is 7.34. The van der Waals surface area contributed by atoms with E-state index in [1.807, 2.05) is 0 Å². The highest BCUT2D eigenvalue weighted by Crippen LogP contribution is 2.48. The van der Waals surface area contributed by atoms with Crippen LogP contribution in [0.15, 0.2) is 121 Å². The van der Waals surface area contributed by atoms with E-state index in [-0.39, 0.29) is 10.1 Å². The highest BCUT2D eigenvalue weighted by molar-refractivity contribution is 6.92. The average molecular weight is 659 g/mol. The van der Waals surface area contributed by atoms with E-state index in [1.54, 1.807) is 0 Å². The van der Waals surface area contributed by atoms with Crippen molar-refractivity contribution < 1.29 is 0 Å². The molecule has 0 bridgehead atoms. The molecule has 0 aromatic heterocycles. The van der Waals surface area contributed by atoms with E-state index in [0.29, 0.717) is 0 Å². The van der Waals surface area contributed by atoms with Gasteiger partial charge in [-0.2, -0.15) is 0 Å². The second-order valence-electron chi connectivity index (χ2n) is 17.1. The van der Waals surface area contributed by atoms with Crippen molar-refractivity contribution in [2.75, 3.05) is 0 Å². The van der Waals surface area contributed by atoms with Crippen LogP contribution in [0.3, 0.4) is 0 Å². The van der Waals surface area contributed by atoms with Crippen LogP contribution in [0.4, 0.5) is 0 Å². The third kappa shape index (κ3) is 5.07. The fraction of sp³-hybridized carbons (Fsp3) is 0.261. The van der Waals surface area contributed by atoms with Crippen LogP contribution in [0, 0.1) is 0 Å². The topological polar surface area (TPSA) is 0 Å². The number of hydrogen-bond acceptors (Lipinski definition) is 0. The lowest BCUT2D eigenvalue weighted by Crippen LogP contribution is -2.49. The van der Waals surface area contributed by atoms with E-state index in [4.69, 9.17) is 0 Å². The molecule has 7 rings (SSSR count). The summed E-state index contributed by atoms with van der Waals surface area (Å²) in [5.74, 6) is 0. The van der Waals surface area contributed by atoms with E-state index in [1.165, 1.54) is 75.7 Å². The molecular weight excluding hydrogens is 609 g/mol. The van der Waals surface area contributed by atoms with Crippen molar-refractivity contribution in [2.24, 2.45) is 0 Å². The Morgan fingerprint density at radius 2 is 0.708 bits per heavy atom. The van der Waals surface area contributed by atoms with E-state index < -0.39 is 16.1 Å². The minimum atomic E-state index is -1.83. The van der Waals surface area contributed by atoms with Gasteiger partial charge in [0.1, 0.15) is 0 Å². The molecule has 0 radical (unpaired) electrons. The van der Waals surface area contributed by atoms with Crippen LogP contribution in [0.5, 0.6) is 0 Å². The third-order valence-corrected chi connectivity index (χ3v) is 23.4. The van der Waals surface area contributed by atoms with Gasteiger partial charge in [-0.15, -0.1) is 0 Å². The number of rotatable bonds is 4. The summed E-state index contributed by atoms with van der Waals surface area (Å²) in [7, 11) is -3.67. The minimum Gasteiger partial charge on any atom is -0.0650 e. The van der Waals surface area contributed by atoms with Crippen molar-refractivity contribution in [3.05, 3.63) is 121 Å². The molecule has 7 aromatic carbocycles. The van der Waals surface area contributed by atoms with Crippen molar-refractivity contribution in [3.63, 3.8) is 0 Å². The first-order chi connectivity index (χ1) is 22.6. The zero-order chi connectivity index (χ0) is 34.2. The second kappa shape index (κ2) is 11.3. The summed E-state index contributed by atoms with van der Waals surface area (Å²) in [6.07, 6.45) is 0. The van der Waals surface area contributed by atoms with Crippen molar-refractivity contribution >= 4 is 69.6 Å². The van der Waals surface area contributed by atoms with Crippen LogP contribution in [0.1, 0.15) is 41.5 Å². The molecule has 0 nitrogen and oxygen atoms in total. The van der Waals surface area contributed by atoms with Gasteiger partial charge >= 0.3 is 0 Å². The smallest absolute Gasteiger partial charge is 0.0650 e. The Bertz CT molecular complexity index is 2180. The van der Waals surface area contributed by atoms with Crippen molar-refractivity contribution in [1.82, 2.24) is 0 Å². The standard InChI is InChI=1S/C46H50Si2/c1-45(2,3)47(7,8)33-25-27-39-41(29-33)43(37-23-15-19-31-17-11-13-21-35(31)37)40-28-26-34(48(9,10)46(4,5)6)30-42(40)44(39)38-24-16-20-32-18-12-14-22-36(32)38/h11-30H,1-10H3. The lowest BCUT2D eigenvalue weighted by Gasteiger charge is -2.38. The number of fused-ring (bicyclic) bond motifs is 4. The normalized spacial score (nSPS) is 13.2. The van der Waals surface area contributed by atoms with Gasteiger partial charge in [0, 0.05) is 0 Å².